The summed E-state index contributed by atoms with van der Waals surface area (Å²) in [4.78, 5) is 12.7. The second-order valence-electron chi connectivity index (χ2n) is 7.10. The maximum Gasteiger partial charge on any atom is 0.410 e. The second kappa shape index (κ2) is 7.03. The van der Waals surface area contributed by atoms with Crippen LogP contribution in [0, 0.1) is 0 Å². The summed E-state index contributed by atoms with van der Waals surface area (Å²) in [6.07, 6.45) is -3.40. The monoisotopic (exact) mass is 394 g/mol. The van der Waals surface area contributed by atoms with Crippen molar-refractivity contribution in [3.05, 3.63) is 41.6 Å². The van der Waals surface area contributed by atoms with E-state index in [2.05, 4.69) is 15.7 Å². The molecule has 0 saturated heterocycles. The normalized spacial score (nSPS) is 23.8. The Balaban J connectivity index is 1.58. The van der Waals surface area contributed by atoms with Crippen molar-refractivity contribution in [2.75, 3.05) is 11.9 Å². The predicted molar refractivity (Wildman–Crippen MR) is 96.4 cm³/mol. The molecular weight excluding hydrogens is 373 g/mol. The van der Waals surface area contributed by atoms with E-state index in [1.165, 1.54) is 6.07 Å². The highest BCUT2D eigenvalue weighted by molar-refractivity contribution is 5.93. The first-order chi connectivity index (χ1) is 13.4. The summed E-state index contributed by atoms with van der Waals surface area (Å²) in [6.45, 7) is 2.28. The number of alkyl halides is 3. The fourth-order valence-corrected chi connectivity index (χ4v) is 3.75. The molecule has 9 heteroatoms. The molecule has 150 valence electrons. The first kappa shape index (κ1) is 18.6. The van der Waals surface area contributed by atoms with Crippen LogP contribution < -0.4 is 15.4 Å². The van der Waals surface area contributed by atoms with Gasteiger partial charge in [0.1, 0.15) is 11.6 Å². The second-order valence-corrected chi connectivity index (χ2v) is 7.10. The van der Waals surface area contributed by atoms with E-state index in [9.17, 15) is 18.0 Å². The average Bonchev–Trinajstić information content (AvgIpc) is 3.10. The third kappa shape index (κ3) is 3.41. The number of carbonyl (C=O) groups excluding carboxylic acids is 1. The lowest BCUT2D eigenvalue weighted by Crippen LogP contribution is -2.39. The minimum atomic E-state index is -4.43. The Morgan fingerprint density at radius 2 is 2.18 bits per heavy atom. The SMILES string of the molecule is CC[C@@H]1C[C@H](C(F)(F)F)n2nc(C(=O)N[C@H]3CCOc4ccccc43)cc2N1. The number of amides is 1. The summed E-state index contributed by atoms with van der Waals surface area (Å²) in [5.41, 5.74) is 0.820. The standard InChI is InChI=1S/C19H21F3N4O2/c1-2-11-9-16(19(20,21)22)26-17(23-11)10-14(25-26)18(27)24-13-7-8-28-15-6-4-3-5-12(13)15/h3-6,10-11,13,16,23H,2,7-9H2,1H3,(H,24,27)/t11-,13+,16-/m1/s1. The number of carbonyl (C=O) groups is 1. The zero-order valence-corrected chi connectivity index (χ0v) is 15.3. The molecule has 0 saturated carbocycles. The molecule has 28 heavy (non-hydrogen) atoms. The lowest BCUT2D eigenvalue weighted by atomic mass is 10.0. The molecule has 3 heterocycles. The zero-order chi connectivity index (χ0) is 19.9. The van der Waals surface area contributed by atoms with Gasteiger partial charge in [-0.3, -0.25) is 4.79 Å². The van der Waals surface area contributed by atoms with Crippen LogP contribution in [0.25, 0.3) is 0 Å². The maximum absolute atomic E-state index is 13.5. The topological polar surface area (TPSA) is 68.2 Å². The van der Waals surface area contributed by atoms with E-state index in [0.29, 0.717) is 25.2 Å². The van der Waals surface area contributed by atoms with Gasteiger partial charge in [-0.15, -0.1) is 0 Å². The number of nitrogens with zero attached hydrogens (tertiary/aromatic N) is 2. The molecule has 0 aliphatic carbocycles. The van der Waals surface area contributed by atoms with Crippen molar-refractivity contribution in [2.45, 2.75) is 50.5 Å². The van der Waals surface area contributed by atoms with Gasteiger partial charge in [-0.05, 0) is 18.9 Å². The summed E-state index contributed by atoms with van der Waals surface area (Å²) in [5.74, 6) is 0.421. The Bertz CT molecular complexity index is 880. The van der Waals surface area contributed by atoms with E-state index in [-0.39, 0.29) is 30.0 Å². The molecule has 0 spiro atoms. The van der Waals surface area contributed by atoms with Crippen LogP contribution in [0.3, 0.4) is 0 Å². The van der Waals surface area contributed by atoms with Crippen molar-refractivity contribution in [3.63, 3.8) is 0 Å². The van der Waals surface area contributed by atoms with E-state index in [4.69, 9.17) is 4.74 Å². The number of para-hydroxylation sites is 1. The lowest BCUT2D eigenvalue weighted by Gasteiger charge is -2.32. The first-order valence-electron chi connectivity index (χ1n) is 9.32. The number of anilines is 1. The van der Waals surface area contributed by atoms with Crippen LogP contribution in [0.2, 0.25) is 0 Å². The largest absolute Gasteiger partial charge is 0.493 e. The smallest absolute Gasteiger partial charge is 0.410 e. The number of fused-ring (bicyclic) bond motifs is 2. The van der Waals surface area contributed by atoms with Gasteiger partial charge in [-0.2, -0.15) is 18.3 Å². The molecule has 1 aromatic carbocycles. The Hall–Kier alpha value is -2.71. The van der Waals surface area contributed by atoms with Gasteiger partial charge in [0.05, 0.1) is 12.6 Å². The summed E-state index contributed by atoms with van der Waals surface area (Å²) >= 11 is 0. The summed E-state index contributed by atoms with van der Waals surface area (Å²) < 4.78 is 46.9. The number of halogens is 3. The Kier molecular flexibility index (Phi) is 4.68. The van der Waals surface area contributed by atoms with Crippen molar-refractivity contribution < 1.29 is 22.7 Å². The number of hydrogen-bond donors (Lipinski definition) is 2. The van der Waals surface area contributed by atoms with Gasteiger partial charge >= 0.3 is 6.18 Å². The number of benzene rings is 1. The van der Waals surface area contributed by atoms with Crippen molar-refractivity contribution in [1.29, 1.82) is 0 Å². The molecule has 2 N–H and O–H groups in total. The first-order valence-corrected chi connectivity index (χ1v) is 9.32. The van der Waals surface area contributed by atoms with Gasteiger partial charge in [0.25, 0.3) is 5.91 Å². The Labute approximate surface area is 160 Å². The molecule has 4 rings (SSSR count). The predicted octanol–water partition coefficient (Wildman–Crippen LogP) is 3.83. The summed E-state index contributed by atoms with van der Waals surface area (Å²) in [5, 5.41) is 9.90. The minimum absolute atomic E-state index is 0.0301. The molecule has 0 unspecified atom stereocenters. The van der Waals surface area contributed by atoms with E-state index < -0.39 is 18.1 Å². The van der Waals surface area contributed by atoms with Crippen LogP contribution in [-0.2, 0) is 0 Å². The molecule has 0 fully saturated rings. The average molecular weight is 394 g/mol. The van der Waals surface area contributed by atoms with Gasteiger partial charge in [-0.25, -0.2) is 4.68 Å². The quantitative estimate of drug-likeness (QED) is 0.830. The van der Waals surface area contributed by atoms with Crippen molar-refractivity contribution in [1.82, 2.24) is 15.1 Å². The van der Waals surface area contributed by atoms with Crippen molar-refractivity contribution in [3.8, 4) is 5.75 Å². The van der Waals surface area contributed by atoms with Crippen LogP contribution in [0.5, 0.6) is 5.75 Å². The maximum atomic E-state index is 13.5. The number of ether oxygens (including phenoxy) is 1. The molecule has 0 bridgehead atoms. The van der Waals surface area contributed by atoms with E-state index in [1.54, 1.807) is 0 Å². The van der Waals surface area contributed by atoms with Crippen LogP contribution in [-0.4, -0.2) is 34.5 Å². The van der Waals surface area contributed by atoms with Crippen LogP contribution in [0.15, 0.2) is 30.3 Å². The molecule has 6 nitrogen and oxygen atoms in total. The van der Waals surface area contributed by atoms with Gasteiger partial charge in [0, 0.05) is 24.1 Å². The number of nitrogens with one attached hydrogen (secondary N) is 2. The fraction of sp³-hybridized carbons (Fsp3) is 0.474. The van der Waals surface area contributed by atoms with Crippen LogP contribution >= 0.6 is 0 Å². The highest BCUT2D eigenvalue weighted by Gasteiger charge is 2.46. The third-order valence-electron chi connectivity index (χ3n) is 5.26. The lowest BCUT2D eigenvalue weighted by molar-refractivity contribution is -0.173. The summed E-state index contributed by atoms with van der Waals surface area (Å²) in [7, 11) is 0. The van der Waals surface area contributed by atoms with Crippen molar-refractivity contribution in [2.24, 2.45) is 0 Å². The molecule has 1 aromatic heterocycles. The molecule has 2 aliphatic rings. The fourth-order valence-electron chi connectivity index (χ4n) is 3.75. The van der Waals surface area contributed by atoms with Crippen molar-refractivity contribution >= 4 is 11.7 Å². The Morgan fingerprint density at radius 3 is 2.93 bits per heavy atom. The minimum Gasteiger partial charge on any atom is -0.493 e. The molecule has 1 amide bonds. The number of hydrogen-bond acceptors (Lipinski definition) is 4. The molecular formula is C19H21F3N4O2. The molecule has 2 aromatic rings. The zero-order valence-electron chi connectivity index (χ0n) is 15.3. The highest BCUT2D eigenvalue weighted by Crippen LogP contribution is 2.40. The molecule has 3 atom stereocenters. The van der Waals surface area contributed by atoms with E-state index >= 15 is 0 Å². The summed E-state index contributed by atoms with van der Waals surface area (Å²) in [6, 6.07) is 6.46. The van der Waals surface area contributed by atoms with E-state index in [1.807, 2.05) is 31.2 Å². The number of aromatic nitrogens is 2. The van der Waals surface area contributed by atoms with Crippen LogP contribution in [0.4, 0.5) is 19.0 Å². The Morgan fingerprint density at radius 1 is 1.39 bits per heavy atom. The molecule has 0 radical (unpaired) electrons. The van der Waals surface area contributed by atoms with Gasteiger partial charge in [0.2, 0.25) is 0 Å². The van der Waals surface area contributed by atoms with Crippen LogP contribution in [0.1, 0.15) is 54.3 Å². The van der Waals surface area contributed by atoms with Gasteiger partial charge in [0.15, 0.2) is 11.7 Å². The van der Waals surface area contributed by atoms with Gasteiger partial charge in [-0.1, -0.05) is 25.1 Å². The van der Waals surface area contributed by atoms with Gasteiger partial charge < -0.3 is 15.4 Å². The van der Waals surface area contributed by atoms with E-state index in [0.717, 1.165) is 10.2 Å². The highest BCUT2D eigenvalue weighted by atomic mass is 19.4. The number of rotatable bonds is 3. The molecule has 2 aliphatic heterocycles. The third-order valence-corrected chi connectivity index (χ3v) is 5.26.